The molecule has 0 saturated carbocycles. The van der Waals surface area contributed by atoms with Crippen LogP contribution in [0.25, 0.3) is 0 Å². The Morgan fingerprint density at radius 2 is 1.79 bits per heavy atom. The average Bonchev–Trinajstić information content (AvgIpc) is 2.73. The quantitative estimate of drug-likeness (QED) is 0.521. The van der Waals surface area contributed by atoms with Crippen LogP contribution in [0.1, 0.15) is 18.6 Å². The molecule has 1 aliphatic heterocycles. The van der Waals surface area contributed by atoms with E-state index in [0.29, 0.717) is 30.3 Å². The van der Waals surface area contributed by atoms with Crippen molar-refractivity contribution < 1.29 is 14.8 Å². The average molecular weight is 420 g/mol. The van der Waals surface area contributed by atoms with Crippen molar-refractivity contribution in [1.29, 1.82) is 0 Å². The molecule has 2 aromatic rings. The molecule has 1 heterocycles. The number of hydrogen-bond acceptors (Lipinski definition) is 6. The smallest absolute Gasteiger partial charge is 0.292 e. The van der Waals surface area contributed by atoms with Gasteiger partial charge in [0.2, 0.25) is 0 Å². The molecule has 0 spiro atoms. The van der Waals surface area contributed by atoms with Crippen LogP contribution >= 0.6 is 11.6 Å². The summed E-state index contributed by atoms with van der Waals surface area (Å²) < 4.78 is 5.80. The Balaban J connectivity index is 1.44. The zero-order valence-electron chi connectivity index (χ0n) is 16.4. The van der Waals surface area contributed by atoms with Gasteiger partial charge in [0.1, 0.15) is 5.69 Å². The summed E-state index contributed by atoms with van der Waals surface area (Å²) >= 11 is 5.90. The lowest BCUT2D eigenvalue weighted by Crippen LogP contribution is -2.49. The number of nitrogens with zero attached hydrogens (tertiary/aromatic N) is 3. The first-order chi connectivity index (χ1) is 13.9. The van der Waals surface area contributed by atoms with Crippen molar-refractivity contribution in [3.05, 3.63) is 69.2 Å². The minimum atomic E-state index is -0.595. The van der Waals surface area contributed by atoms with Gasteiger partial charge in [-0.3, -0.25) is 15.0 Å². The molecule has 8 heteroatoms. The van der Waals surface area contributed by atoms with Gasteiger partial charge in [0.15, 0.2) is 0 Å². The number of piperazine rings is 1. The zero-order valence-corrected chi connectivity index (χ0v) is 17.2. The van der Waals surface area contributed by atoms with Crippen LogP contribution in [0.2, 0.25) is 5.02 Å². The van der Waals surface area contributed by atoms with E-state index in [0.717, 1.165) is 18.7 Å². The summed E-state index contributed by atoms with van der Waals surface area (Å²) in [6, 6.07) is 14.3. The SMILES string of the molecule is CC(OCC(O)CN1CCN(c2ccccc2[N+](=O)[O-])CC1)c1ccc(Cl)cc1. The monoisotopic (exact) mass is 419 g/mol. The van der Waals surface area contributed by atoms with E-state index >= 15 is 0 Å². The summed E-state index contributed by atoms with van der Waals surface area (Å²) in [6.07, 6.45) is -0.722. The molecule has 0 aliphatic carbocycles. The fourth-order valence-electron chi connectivity index (χ4n) is 3.49. The molecule has 0 amide bonds. The molecule has 1 aliphatic rings. The predicted octanol–water partition coefficient (Wildman–Crippen LogP) is 3.51. The zero-order chi connectivity index (χ0) is 20.8. The largest absolute Gasteiger partial charge is 0.389 e. The standard InChI is InChI=1S/C21H26ClN3O4/c1-16(17-6-8-18(22)9-7-17)29-15-19(26)14-23-10-12-24(13-11-23)20-4-2-3-5-21(20)25(27)28/h2-9,16,19,26H,10-15H2,1H3. The fraction of sp³-hybridized carbons (Fsp3) is 0.429. The van der Waals surface area contributed by atoms with Gasteiger partial charge in [0, 0.05) is 43.8 Å². The van der Waals surface area contributed by atoms with Crippen LogP contribution in [-0.2, 0) is 4.74 Å². The van der Waals surface area contributed by atoms with E-state index < -0.39 is 6.10 Å². The normalized spacial score (nSPS) is 17.1. The van der Waals surface area contributed by atoms with Crippen LogP contribution in [0, 0.1) is 10.1 Å². The van der Waals surface area contributed by atoms with Crippen molar-refractivity contribution in [1.82, 2.24) is 4.90 Å². The first kappa shape index (κ1) is 21.5. The van der Waals surface area contributed by atoms with Gasteiger partial charge in [-0.05, 0) is 30.7 Å². The minimum absolute atomic E-state index is 0.127. The molecular formula is C21H26ClN3O4. The highest BCUT2D eigenvalue weighted by molar-refractivity contribution is 6.30. The molecule has 1 saturated heterocycles. The Morgan fingerprint density at radius 1 is 1.14 bits per heavy atom. The third-order valence-corrected chi connectivity index (χ3v) is 5.39. The van der Waals surface area contributed by atoms with Gasteiger partial charge < -0.3 is 14.7 Å². The van der Waals surface area contributed by atoms with Crippen LogP contribution < -0.4 is 4.90 Å². The van der Waals surface area contributed by atoms with Crippen LogP contribution in [-0.4, -0.2) is 60.4 Å². The summed E-state index contributed by atoms with van der Waals surface area (Å²) in [6.45, 7) is 5.53. The molecule has 2 atom stereocenters. The molecule has 1 fully saturated rings. The summed E-state index contributed by atoms with van der Waals surface area (Å²) in [4.78, 5) is 15.1. The van der Waals surface area contributed by atoms with E-state index in [1.807, 2.05) is 42.2 Å². The van der Waals surface area contributed by atoms with Gasteiger partial charge in [0.05, 0.1) is 23.7 Å². The molecule has 1 N–H and O–H groups in total. The molecule has 0 bridgehead atoms. The lowest BCUT2D eigenvalue weighted by molar-refractivity contribution is -0.384. The predicted molar refractivity (Wildman–Crippen MR) is 114 cm³/mol. The second-order valence-electron chi connectivity index (χ2n) is 7.21. The van der Waals surface area contributed by atoms with Gasteiger partial charge in [-0.25, -0.2) is 0 Å². The number of anilines is 1. The Hall–Kier alpha value is -2.19. The molecule has 0 aromatic heterocycles. The number of hydrogen-bond donors (Lipinski definition) is 1. The molecule has 2 aromatic carbocycles. The highest BCUT2D eigenvalue weighted by atomic mass is 35.5. The van der Waals surface area contributed by atoms with Gasteiger partial charge in [0.25, 0.3) is 5.69 Å². The first-order valence-corrected chi connectivity index (χ1v) is 10.1. The maximum Gasteiger partial charge on any atom is 0.292 e. The molecule has 3 rings (SSSR count). The van der Waals surface area contributed by atoms with E-state index in [1.165, 1.54) is 6.07 Å². The number of aliphatic hydroxyl groups is 1. The van der Waals surface area contributed by atoms with Crippen molar-refractivity contribution in [2.45, 2.75) is 19.1 Å². The van der Waals surface area contributed by atoms with Crippen LogP contribution in [0.4, 0.5) is 11.4 Å². The number of rotatable bonds is 8. The van der Waals surface area contributed by atoms with E-state index in [1.54, 1.807) is 12.1 Å². The maximum atomic E-state index is 11.2. The molecule has 29 heavy (non-hydrogen) atoms. The van der Waals surface area contributed by atoms with Gasteiger partial charge >= 0.3 is 0 Å². The van der Waals surface area contributed by atoms with Gasteiger partial charge in [-0.15, -0.1) is 0 Å². The van der Waals surface area contributed by atoms with Gasteiger partial charge in [-0.2, -0.15) is 0 Å². The second kappa shape index (κ2) is 10.0. The van der Waals surface area contributed by atoms with Crippen molar-refractivity contribution in [3.8, 4) is 0 Å². The number of β-amino-alcohol motifs (C(OH)–C–C–N with tert-alkyl or cyclic N) is 1. The highest BCUT2D eigenvalue weighted by Crippen LogP contribution is 2.28. The maximum absolute atomic E-state index is 11.2. The lowest BCUT2D eigenvalue weighted by Gasteiger charge is -2.36. The number of para-hydroxylation sites is 2. The molecular weight excluding hydrogens is 394 g/mol. The van der Waals surface area contributed by atoms with E-state index in [9.17, 15) is 15.2 Å². The lowest BCUT2D eigenvalue weighted by atomic mass is 10.1. The van der Waals surface area contributed by atoms with Crippen LogP contribution in [0.3, 0.4) is 0 Å². The van der Waals surface area contributed by atoms with E-state index in [4.69, 9.17) is 16.3 Å². The summed E-state index contributed by atoms with van der Waals surface area (Å²) in [5.41, 5.74) is 1.79. The fourth-order valence-corrected chi connectivity index (χ4v) is 3.62. The number of benzene rings is 2. The molecule has 2 unspecified atom stereocenters. The Bertz CT molecular complexity index is 810. The number of nitro benzene ring substituents is 1. The Kier molecular flexibility index (Phi) is 7.44. The summed E-state index contributed by atoms with van der Waals surface area (Å²) in [5, 5.41) is 22.3. The third kappa shape index (κ3) is 5.90. The highest BCUT2D eigenvalue weighted by Gasteiger charge is 2.24. The van der Waals surface area contributed by atoms with Crippen LogP contribution in [0.5, 0.6) is 0 Å². The van der Waals surface area contributed by atoms with E-state index in [-0.39, 0.29) is 23.3 Å². The third-order valence-electron chi connectivity index (χ3n) is 5.14. The van der Waals surface area contributed by atoms with Crippen molar-refractivity contribution in [3.63, 3.8) is 0 Å². The summed E-state index contributed by atoms with van der Waals surface area (Å²) in [5.74, 6) is 0. The molecule has 7 nitrogen and oxygen atoms in total. The number of ether oxygens (including phenoxy) is 1. The minimum Gasteiger partial charge on any atom is -0.389 e. The van der Waals surface area contributed by atoms with Crippen molar-refractivity contribution in [2.24, 2.45) is 0 Å². The van der Waals surface area contributed by atoms with Gasteiger partial charge in [-0.1, -0.05) is 35.9 Å². The second-order valence-corrected chi connectivity index (χ2v) is 7.65. The first-order valence-electron chi connectivity index (χ1n) is 9.70. The van der Waals surface area contributed by atoms with Crippen molar-refractivity contribution >= 4 is 23.0 Å². The number of halogens is 1. The molecule has 0 radical (unpaired) electrons. The Labute approximate surface area is 175 Å². The van der Waals surface area contributed by atoms with E-state index in [2.05, 4.69) is 4.90 Å². The number of nitro groups is 1. The summed E-state index contributed by atoms with van der Waals surface area (Å²) in [7, 11) is 0. The van der Waals surface area contributed by atoms with Crippen LogP contribution in [0.15, 0.2) is 48.5 Å². The Morgan fingerprint density at radius 3 is 2.45 bits per heavy atom. The molecule has 156 valence electrons. The van der Waals surface area contributed by atoms with Crippen molar-refractivity contribution in [2.75, 3.05) is 44.2 Å². The topological polar surface area (TPSA) is 79.1 Å². The number of aliphatic hydroxyl groups excluding tert-OH is 1.